The third-order valence-corrected chi connectivity index (χ3v) is 4.44. The van der Waals surface area contributed by atoms with E-state index < -0.39 is 4.92 Å². The number of nitro groups is 1. The molecule has 24 heavy (non-hydrogen) atoms. The lowest BCUT2D eigenvalue weighted by atomic mass is 10.2. The maximum absolute atomic E-state index is 11.0. The molecule has 0 atom stereocenters. The minimum absolute atomic E-state index is 0.0667. The van der Waals surface area contributed by atoms with Crippen LogP contribution in [-0.4, -0.2) is 20.1 Å². The van der Waals surface area contributed by atoms with Crippen molar-refractivity contribution in [3.63, 3.8) is 0 Å². The van der Waals surface area contributed by atoms with Gasteiger partial charge in [0.2, 0.25) is 11.8 Å². The van der Waals surface area contributed by atoms with Gasteiger partial charge in [-0.15, -0.1) is 10.2 Å². The summed E-state index contributed by atoms with van der Waals surface area (Å²) < 4.78 is 5.54. The van der Waals surface area contributed by atoms with E-state index in [9.17, 15) is 10.1 Å². The summed E-state index contributed by atoms with van der Waals surface area (Å²) in [6, 6.07) is 7.82. The van der Waals surface area contributed by atoms with E-state index in [-0.39, 0.29) is 22.4 Å². The van der Waals surface area contributed by atoms with E-state index in [0.717, 1.165) is 11.8 Å². The normalized spacial score (nSPS) is 10.8. The number of hydrogen-bond acceptors (Lipinski definition) is 7. The summed E-state index contributed by atoms with van der Waals surface area (Å²) in [6.45, 7) is 0. The molecule has 0 saturated heterocycles. The molecule has 0 bridgehead atoms. The topological polar surface area (TPSA) is 95.0 Å². The number of hydrogen-bond donors (Lipinski definition) is 0. The molecule has 3 rings (SSSR count). The molecule has 0 spiro atoms. The minimum atomic E-state index is -0.484. The van der Waals surface area contributed by atoms with Crippen molar-refractivity contribution in [2.24, 2.45) is 0 Å². The number of halogens is 2. The quantitative estimate of drug-likeness (QED) is 0.360. The summed E-state index contributed by atoms with van der Waals surface area (Å²) >= 11 is 13.1. The summed E-state index contributed by atoms with van der Waals surface area (Å²) in [4.78, 5) is 14.5. The van der Waals surface area contributed by atoms with Crippen LogP contribution < -0.4 is 0 Å². The second kappa shape index (κ2) is 7.16. The van der Waals surface area contributed by atoms with E-state index in [2.05, 4.69) is 15.2 Å². The van der Waals surface area contributed by atoms with E-state index in [1.54, 1.807) is 18.2 Å². The van der Waals surface area contributed by atoms with Gasteiger partial charge >= 0.3 is 5.69 Å². The molecule has 0 amide bonds. The van der Waals surface area contributed by atoms with Crippen molar-refractivity contribution in [2.75, 3.05) is 0 Å². The fraction of sp³-hybridized carbons (Fsp3) is 0.0714. The molecule has 2 aromatic heterocycles. The van der Waals surface area contributed by atoms with Crippen molar-refractivity contribution in [2.45, 2.75) is 10.8 Å². The van der Waals surface area contributed by atoms with Gasteiger partial charge in [-0.05, 0) is 24.3 Å². The lowest BCUT2D eigenvalue weighted by Gasteiger charge is -2.00. The van der Waals surface area contributed by atoms with Gasteiger partial charge in [-0.1, -0.05) is 35.0 Å². The zero-order valence-electron chi connectivity index (χ0n) is 11.8. The van der Waals surface area contributed by atoms with Crippen LogP contribution in [0, 0.1) is 10.1 Å². The van der Waals surface area contributed by atoms with Gasteiger partial charge in [0.25, 0.3) is 0 Å². The molecule has 0 radical (unpaired) electrons. The molecule has 0 saturated carbocycles. The summed E-state index contributed by atoms with van der Waals surface area (Å²) in [7, 11) is 0. The van der Waals surface area contributed by atoms with Crippen LogP contribution in [0.4, 0.5) is 5.69 Å². The first-order valence-electron chi connectivity index (χ1n) is 6.54. The fourth-order valence-corrected chi connectivity index (χ4v) is 3.14. The van der Waals surface area contributed by atoms with Crippen LogP contribution in [0.1, 0.15) is 5.89 Å². The first-order chi connectivity index (χ1) is 11.5. The van der Waals surface area contributed by atoms with Gasteiger partial charge in [-0.25, -0.2) is 4.98 Å². The SMILES string of the molecule is O=[N+]([O-])c1cccnc1SCc1nnc(-c2ccc(Cl)cc2Cl)o1. The highest BCUT2D eigenvalue weighted by Crippen LogP contribution is 2.32. The molecule has 0 aliphatic heterocycles. The molecule has 10 heteroatoms. The van der Waals surface area contributed by atoms with Crippen LogP contribution in [-0.2, 0) is 5.75 Å². The first kappa shape index (κ1) is 16.7. The summed E-state index contributed by atoms with van der Waals surface area (Å²) in [6.07, 6.45) is 1.49. The lowest BCUT2D eigenvalue weighted by Crippen LogP contribution is -1.93. The molecular formula is C14H8Cl2N4O3S. The largest absolute Gasteiger partial charge is 0.420 e. The molecule has 2 heterocycles. The molecule has 0 aliphatic rings. The Hall–Kier alpha value is -2.16. The number of aromatic nitrogens is 3. The Bertz CT molecular complexity index is 903. The van der Waals surface area contributed by atoms with Crippen molar-refractivity contribution in [3.8, 4) is 11.5 Å². The van der Waals surface area contributed by atoms with Crippen molar-refractivity contribution in [3.05, 3.63) is 62.6 Å². The van der Waals surface area contributed by atoms with Crippen LogP contribution in [0.3, 0.4) is 0 Å². The maximum atomic E-state index is 11.0. The molecule has 1 aromatic carbocycles. The number of benzene rings is 1. The highest BCUT2D eigenvalue weighted by molar-refractivity contribution is 7.98. The molecule has 7 nitrogen and oxygen atoms in total. The van der Waals surface area contributed by atoms with E-state index in [4.69, 9.17) is 27.6 Å². The molecule has 0 unspecified atom stereocenters. The van der Waals surface area contributed by atoms with Crippen LogP contribution in [0.15, 0.2) is 46.0 Å². The van der Waals surface area contributed by atoms with Crippen molar-refractivity contribution >= 4 is 40.7 Å². The maximum Gasteiger partial charge on any atom is 0.301 e. The molecule has 122 valence electrons. The van der Waals surface area contributed by atoms with Gasteiger partial charge in [0, 0.05) is 17.3 Å². The standard InChI is InChI=1S/C14H8Cl2N4O3S/c15-8-3-4-9(10(16)6-8)13-19-18-12(23-13)7-24-14-11(20(21)22)2-1-5-17-14/h1-6H,7H2. The predicted molar refractivity (Wildman–Crippen MR) is 90.2 cm³/mol. The third kappa shape index (κ3) is 3.66. The second-order valence-corrected chi connectivity index (χ2v) is 6.31. The van der Waals surface area contributed by atoms with Crippen LogP contribution in [0.2, 0.25) is 10.0 Å². The monoisotopic (exact) mass is 382 g/mol. The Labute approximate surface area is 150 Å². The van der Waals surface area contributed by atoms with Gasteiger partial charge in [0.1, 0.15) is 0 Å². The zero-order valence-corrected chi connectivity index (χ0v) is 14.2. The number of pyridine rings is 1. The van der Waals surface area contributed by atoms with Gasteiger partial charge in [-0.3, -0.25) is 10.1 Å². The fourth-order valence-electron chi connectivity index (χ4n) is 1.85. The third-order valence-electron chi connectivity index (χ3n) is 2.91. The zero-order chi connectivity index (χ0) is 17.1. The Morgan fingerprint density at radius 2 is 2.08 bits per heavy atom. The molecular weight excluding hydrogens is 375 g/mol. The van der Waals surface area contributed by atoms with E-state index >= 15 is 0 Å². The van der Waals surface area contributed by atoms with Gasteiger partial charge in [0.05, 0.1) is 21.3 Å². The second-order valence-electron chi connectivity index (χ2n) is 4.50. The summed E-state index contributed by atoms with van der Waals surface area (Å²) in [5.41, 5.74) is 0.497. The number of nitrogens with zero attached hydrogens (tertiary/aromatic N) is 4. The van der Waals surface area contributed by atoms with E-state index in [0.29, 0.717) is 21.5 Å². The van der Waals surface area contributed by atoms with Gasteiger partial charge < -0.3 is 4.42 Å². The van der Waals surface area contributed by atoms with Crippen molar-refractivity contribution in [1.82, 2.24) is 15.2 Å². The highest BCUT2D eigenvalue weighted by atomic mass is 35.5. The van der Waals surface area contributed by atoms with E-state index in [1.807, 2.05) is 0 Å². The van der Waals surface area contributed by atoms with Crippen LogP contribution >= 0.6 is 35.0 Å². The molecule has 3 aromatic rings. The predicted octanol–water partition coefficient (Wildman–Crippen LogP) is 4.64. The van der Waals surface area contributed by atoms with Crippen molar-refractivity contribution in [1.29, 1.82) is 0 Å². The Morgan fingerprint density at radius 1 is 1.25 bits per heavy atom. The highest BCUT2D eigenvalue weighted by Gasteiger charge is 2.17. The smallest absolute Gasteiger partial charge is 0.301 e. The Kier molecular flexibility index (Phi) is 4.98. The summed E-state index contributed by atoms with van der Waals surface area (Å²) in [5, 5.41) is 20.0. The summed E-state index contributed by atoms with van der Waals surface area (Å²) in [5.74, 6) is 0.805. The van der Waals surface area contributed by atoms with Crippen LogP contribution in [0.25, 0.3) is 11.5 Å². The van der Waals surface area contributed by atoms with Crippen molar-refractivity contribution < 1.29 is 9.34 Å². The van der Waals surface area contributed by atoms with E-state index in [1.165, 1.54) is 18.3 Å². The average molecular weight is 383 g/mol. The number of thioether (sulfide) groups is 1. The Morgan fingerprint density at radius 3 is 2.83 bits per heavy atom. The first-order valence-corrected chi connectivity index (χ1v) is 8.29. The average Bonchev–Trinajstić information content (AvgIpc) is 3.01. The minimum Gasteiger partial charge on any atom is -0.420 e. The van der Waals surface area contributed by atoms with Crippen LogP contribution in [0.5, 0.6) is 0 Å². The number of rotatable bonds is 5. The Balaban J connectivity index is 1.77. The molecule has 0 fully saturated rings. The van der Waals surface area contributed by atoms with Gasteiger partial charge in [-0.2, -0.15) is 0 Å². The molecule has 0 aliphatic carbocycles. The lowest BCUT2D eigenvalue weighted by molar-refractivity contribution is -0.388. The molecule has 0 N–H and O–H groups in total. The van der Waals surface area contributed by atoms with Gasteiger partial charge in [0.15, 0.2) is 5.03 Å².